The summed E-state index contributed by atoms with van der Waals surface area (Å²) in [7, 11) is 1.30. The van der Waals surface area contributed by atoms with E-state index in [0.717, 1.165) is 5.56 Å². The number of benzene rings is 2. The van der Waals surface area contributed by atoms with Crippen LogP contribution in [0, 0.1) is 0 Å². The van der Waals surface area contributed by atoms with Gasteiger partial charge in [-0.05, 0) is 37.0 Å². The molecule has 158 valence electrons. The molecular weight excluding hydrogens is 384 g/mol. The lowest BCUT2D eigenvalue weighted by Gasteiger charge is -2.32. The highest BCUT2D eigenvalue weighted by molar-refractivity contribution is 6.07. The van der Waals surface area contributed by atoms with Gasteiger partial charge >= 0.3 is 12.1 Å². The van der Waals surface area contributed by atoms with E-state index >= 15 is 0 Å². The third-order valence-corrected chi connectivity index (χ3v) is 5.14. The Morgan fingerprint density at radius 3 is 2.17 bits per heavy atom. The second-order valence-electron chi connectivity index (χ2n) is 7.23. The fraction of sp³-hybridized carbons (Fsp3) is 0.348. The van der Waals surface area contributed by atoms with Gasteiger partial charge in [0.2, 0.25) is 0 Å². The molecule has 7 nitrogen and oxygen atoms in total. The minimum absolute atomic E-state index is 0.110. The Labute approximate surface area is 176 Å². The topological polar surface area (TPSA) is 84.9 Å². The Bertz CT molecular complexity index is 881. The minimum Gasteiger partial charge on any atom is -0.467 e. The van der Waals surface area contributed by atoms with Crippen molar-refractivity contribution in [3.05, 3.63) is 66.2 Å². The summed E-state index contributed by atoms with van der Waals surface area (Å²) in [6.45, 7) is 1.92. The molecule has 2 aromatic carbocycles. The molecule has 1 saturated carbocycles. The van der Waals surface area contributed by atoms with Crippen LogP contribution in [0.4, 0.5) is 10.5 Å². The van der Waals surface area contributed by atoms with E-state index in [4.69, 9.17) is 9.47 Å². The lowest BCUT2D eigenvalue weighted by Crippen LogP contribution is -2.56. The number of carbonyl (C=O) groups is 3. The van der Waals surface area contributed by atoms with Gasteiger partial charge in [0.15, 0.2) is 0 Å². The number of nitrogens with zero attached hydrogens (tertiary/aromatic N) is 1. The van der Waals surface area contributed by atoms with Crippen LogP contribution in [-0.2, 0) is 25.7 Å². The molecule has 1 atom stereocenters. The van der Waals surface area contributed by atoms with Gasteiger partial charge in [0, 0.05) is 5.69 Å². The van der Waals surface area contributed by atoms with Gasteiger partial charge in [-0.1, -0.05) is 55.5 Å². The normalized spacial score (nSPS) is 14.9. The van der Waals surface area contributed by atoms with Crippen molar-refractivity contribution in [1.29, 1.82) is 0 Å². The number of hydrogen-bond donors (Lipinski definition) is 1. The van der Waals surface area contributed by atoms with Crippen LogP contribution in [0.25, 0.3) is 0 Å². The zero-order valence-corrected chi connectivity index (χ0v) is 17.2. The molecule has 0 aromatic heterocycles. The number of carbonyl (C=O) groups excluding carboxylic acids is 3. The van der Waals surface area contributed by atoms with Gasteiger partial charge < -0.3 is 14.8 Å². The maximum atomic E-state index is 13.5. The van der Waals surface area contributed by atoms with Gasteiger partial charge in [-0.2, -0.15) is 0 Å². The van der Waals surface area contributed by atoms with Gasteiger partial charge in [0.05, 0.1) is 7.11 Å². The van der Waals surface area contributed by atoms with Crippen molar-refractivity contribution < 1.29 is 23.9 Å². The van der Waals surface area contributed by atoms with Crippen molar-refractivity contribution in [1.82, 2.24) is 5.32 Å². The number of ether oxygens (including phenoxy) is 2. The summed E-state index contributed by atoms with van der Waals surface area (Å²) in [4.78, 5) is 39.7. The van der Waals surface area contributed by atoms with E-state index in [1.165, 1.54) is 12.0 Å². The Balaban J connectivity index is 1.76. The molecule has 0 spiro atoms. The van der Waals surface area contributed by atoms with Crippen LogP contribution >= 0.6 is 0 Å². The zero-order chi connectivity index (χ0) is 21.6. The van der Waals surface area contributed by atoms with Crippen LogP contribution < -0.4 is 10.2 Å². The predicted octanol–water partition coefficient (Wildman–Crippen LogP) is 3.43. The van der Waals surface area contributed by atoms with Crippen LogP contribution in [0.1, 0.15) is 31.7 Å². The number of methoxy groups -OCH3 is 1. The van der Waals surface area contributed by atoms with Crippen LogP contribution in [0.2, 0.25) is 0 Å². The van der Waals surface area contributed by atoms with E-state index in [1.807, 2.05) is 43.3 Å². The summed E-state index contributed by atoms with van der Waals surface area (Å²) in [6.07, 6.45) is 0.672. The summed E-state index contributed by atoms with van der Waals surface area (Å²) in [6, 6.07) is 17.4. The Morgan fingerprint density at radius 1 is 1.03 bits per heavy atom. The Morgan fingerprint density at radius 2 is 1.63 bits per heavy atom. The molecule has 2 aromatic rings. The molecule has 0 radical (unpaired) electrons. The lowest BCUT2D eigenvalue weighted by atomic mass is 10.1. The number of hydrogen-bond acceptors (Lipinski definition) is 5. The first-order chi connectivity index (χ1) is 14.5. The number of amides is 2. The molecule has 2 amide bonds. The SMILES string of the molecule is CC[C@H](C(=O)OC)N(C(=O)C1(NC(=O)OCc2ccccc2)CC1)c1ccccc1. The fourth-order valence-corrected chi connectivity index (χ4v) is 3.32. The zero-order valence-electron chi connectivity index (χ0n) is 17.2. The molecule has 0 heterocycles. The first-order valence-electron chi connectivity index (χ1n) is 9.96. The summed E-state index contributed by atoms with van der Waals surface area (Å²) >= 11 is 0. The average molecular weight is 410 g/mol. The van der Waals surface area contributed by atoms with E-state index in [9.17, 15) is 14.4 Å². The summed E-state index contributed by atoms with van der Waals surface area (Å²) in [5.41, 5.74) is 0.349. The molecule has 1 N–H and O–H groups in total. The van der Waals surface area contributed by atoms with E-state index in [2.05, 4.69) is 5.32 Å². The van der Waals surface area contributed by atoms with E-state index < -0.39 is 23.6 Å². The highest BCUT2D eigenvalue weighted by atomic mass is 16.5. The van der Waals surface area contributed by atoms with Crippen LogP contribution in [0.15, 0.2) is 60.7 Å². The van der Waals surface area contributed by atoms with Gasteiger partial charge in [-0.15, -0.1) is 0 Å². The van der Waals surface area contributed by atoms with Crippen molar-refractivity contribution >= 4 is 23.7 Å². The summed E-state index contributed by atoms with van der Waals surface area (Å²) in [5.74, 6) is -0.847. The highest BCUT2D eigenvalue weighted by Crippen LogP contribution is 2.39. The molecule has 1 aliphatic rings. The van der Waals surface area contributed by atoms with Crippen LogP contribution in [-0.4, -0.2) is 36.7 Å². The first-order valence-corrected chi connectivity index (χ1v) is 9.96. The highest BCUT2D eigenvalue weighted by Gasteiger charge is 2.55. The van der Waals surface area contributed by atoms with Crippen molar-refractivity contribution in [2.45, 2.75) is 44.4 Å². The molecule has 1 aliphatic carbocycles. The van der Waals surface area contributed by atoms with Crippen LogP contribution in [0.5, 0.6) is 0 Å². The van der Waals surface area contributed by atoms with E-state index in [-0.39, 0.29) is 12.5 Å². The third-order valence-electron chi connectivity index (χ3n) is 5.14. The monoisotopic (exact) mass is 410 g/mol. The summed E-state index contributed by atoms with van der Waals surface area (Å²) < 4.78 is 10.2. The standard InChI is InChI=1S/C23H26N2O5/c1-3-19(20(26)29-2)25(18-12-8-5-9-13-18)21(27)23(14-15-23)24-22(28)30-16-17-10-6-4-7-11-17/h4-13,19H,3,14-16H2,1-2H3,(H,24,28)/t19-/m1/s1. The van der Waals surface area contributed by atoms with E-state index in [0.29, 0.717) is 24.9 Å². The van der Waals surface area contributed by atoms with Crippen LogP contribution in [0.3, 0.4) is 0 Å². The van der Waals surface area contributed by atoms with Crippen molar-refractivity contribution in [3.63, 3.8) is 0 Å². The number of anilines is 1. The van der Waals surface area contributed by atoms with Gasteiger partial charge in [-0.3, -0.25) is 9.69 Å². The number of esters is 1. The smallest absolute Gasteiger partial charge is 0.408 e. The Hall–Kier alpha value is -3.35. The number of para-hydroxylation sites is 1. The maximum Gasteiger partial charge on any atom is 0.408 e. The molecule has 30 heavy (non-hydrogen) atoms. The van der Waals surface area contributed by atoms with Crippen molar-refractivity contribution in [2.75, 3.05) is 12.0 Å². The van der Waals surface area contributed by atoms with E-state index in [1.54, 1.807) is 24.3 Å². The predicted molar refractivity (Wildman–Crippen MR) is 112 cm³/mol. The summed E-state index contributed by atoms with van der Waals surface area (Å²) in [5, 5.41) is 2.72. The third kappa shape index (κ3) is 4.79. The molecule has 0 bridgehead atoms. The number of nitrogens with one attached hydrogen (secondary N) is 1. The molecule has 3 rings (SSSR count). The molecular formula is C23H26N2O5. The van der Waals surface area contributed by atoms with Gasteiger partial charge in [0.1, 0.15) is 18.2 Å². The number of alkyl carbamates (subject to hydrolysis) is 1. The second kappa shape index (κ2) is 9.43. The Kier molecular flexibility index (Phi) is 6.72. The second-order valence-corrected chi connectivity index (χ2v) is 7.23. The van der Waals surface area contributed by atoms with Gasteiger partial charge in [-0.25, -0.2) is 9.59 Å². The maximum absolute atomic E-state index is 13.5. The first kappa shape index (κ1) is 21.4. The molecule has 7 heteroatoms. The van der Waals surface area contributed by atoms with Crippen molar-refractivity contribution in [3.8, 4) is 0 Å². The lowest BCUT2D eigenvalue weighted by molar-refractivity contribution is -0.143. The molecule has 0 unspecified atom stereocenters. The number of rotatable bonds is 8. The van der Waals surface area contributed by atoms with Crippen molar-refractivity contribution in [2.24, 2.45) is 0 Å². The minimum atomic E-state index is -1.08. The molecule has 0 saturated heterocycles. The molecule has 0 aliphatic heterocycles. The average Bonchev–Trinajstić information content (AvgIpc) is 3.57. The largest absolute Gasteiger partial charge is 0.467 e. The van der Waals surface area contributed by atoms with Gasteiger partial charge in [0.25, 0.3) is 5.91 Å². The quantitative estimate of drug-likeness (QED) is 0.674. The molecule has 1 fully saturated rings. The fourth-order valence-electron chi connectivity index (χ4n) is 3.32.